The van der Waals surface area contributed by atoms with Crippen LogP contribution in [0.2, 0.25) is 10.0 Å². The summed E-state index contributed by atoms with van der Waals surface area (Å²) in [6.07, 6.45) is 1.02. The Morgan fingerprint density at radius 3 is 2.55 bits per heavy atom. The summed E-state index contributed by atoms with van der Waals surface area (Å²) in [5.74, 6) is 0.687. The lowest BCUT2D eigenvalue weighted by Gasteiger charge is -2.24. The molecular formula is C16H26Cl2N2. The molecule has 0 saturated carbocycles. The molecule has 1 aromatic rings. The lowest BCUT2D eigenvalue weighted by atomic mass is 10.0. The van der Waals surface area contributed by atoms with Gasteiger partial charge in [-0.15, -0.1) is 0 Å². The summed E-state index contributed by atoms with van der Waals surface area (Å²) < 4.78 is 0. The molecule has 20 heavy (non-hydrogen) atoms. The van der Waals surface area contributed by atoms with Gasteiger partial charge in [-0.05, 0) is 44.1 Å². The van der Waals surface area contributed by atoms with E-state index in [1.165, 1.54) is 0 Å². The molecule has 0 amide bonds. The average molecular weight is 317 g/mol. The van der Waals surface area contributed by atoms with E-state index in [9.17, 15) is 0 Å². The third-order valence-electron chi connectivity index (χ3n) is 3.28. The quantitative estimate of drug-likeness (QED) is 0.752. The fraction of sp³-hybridized carbons (Fsp3) is 0.625. The van der Waals surface area contributed by atoms with E-state index in [2.05, 4.69) is 44.1 Å². The number of hydrogen-bond donors (Lipinski definition) is 1. The van der Waals surface area contributed by atoms with Crippen LogP contribution in [0.15, 0.2) is 18.2 Å². The number of halogens is 2. The molecule has 0 aromatic heterocycles. The van der Waals surface area contributed by atoms with Gasteiger partial charge >= 0.3 is 0 Å². The maximum Gasteiger partial charge on any atom is 0.0640 e. The van der Waals surface area contributed by atoms with Crippen molar-refractivity contribution in [2.45, 2.75) is 33.2 Å². The molecule has 0 heterocycles. The number of rotatable bonds is 8. The predicted octanol–water partition coefficient (Wildman–Crippen LogP) is 4.62. The molecule has 1 N–H and O–H groups in total. The zero-order chi connectivity index (χ0) is 15.1. The molecule has 1 atom stereocenters. The first-order chi connectivity index (χ1) is 9.45. The molecule has 0 saturated heterocycles. The van der Waals surface area contributed by atoms with Gasteiger partial charge in [-0.3, -0.25) is 0 Å². The van der Waals surface area contributed by atoms with Crippen molar-refractivity contribution in [3.63, 3.8) is 0 Å². The highest BCUT2D eigenvalue weighted by Gasteiger charge is 2.16. The van der Waals surface area contributed by atoms with Crippen LogP contribution in [0.4, 0.5) is 0 Å². The van der Waals surface area contributed by atoms with Crippen LogP contribution in [0.3, 0.4) is 0 Å². The largest absolute Gasteiger partial charge is 0.310 e. The Morgan fingerprint density at radius 2 is 1.95 bits per heavy atom. The number of nitrogens with zero attached hydrogens (tertiary/aromatic N) is 1. The molecule has 1 unspecified atom stereocenters. The van der Waals surface area contributed by atoms with Crippen molar-refractivity contribution in [1.82, 2.24) is 10.2 Å². The number of hydrogen-bond acceptors (Lipinski definition) is 2. The van der Waals surface area contributed by atoms with Crippen LogP contribution in [0.1, 0.15) is 38.8 Å². The molecule has 0 fully saturated rings. The van der Waals surface area contributed by atoms with Crippen LogP contribution in [0.25, 0.3) is 0 Å². The van der Waals surface area contributed by atoms with Gasteiger partial charge in [0.2, 0.25) is 0 Å². The second-order valence-corrected chi connectivity index (χ2v) is 6.48. The van der Waals surface area contributed by atoms with Crippen molar-refractivity contribution in [3.05, 3.63) is 33.8 Å². The van der Waals surface area contributed by atoms with Crippen molar-refractivity contribution < 1.29 is 0 Å². The zero-order valence-corrected chi connectivity index (χ0v) is 14.4. The highest BCUT2D eigenvalue weighted by Crippen LogP contribution is 2.31. The summed E-state index contributed by atoms with van der Waals surface area (Å²) in [5.41, 5.74) is 1.10. The molecule has 4 heteroatoms. The predicted molar refractivity (Wildman–Crippen MR) is 89.8 cm³/mol. The average Bonchev–Trinajstić information content (AvgIpc) is 2.37. The Labute approximate surface area is 133 Å². The summed E-state index contributed by atoms with van der Waals surface area (Å²) >= 11 is 12.5. The topological polar surface area (TPSA) is 15.3 Å². The Morgan fingerprint density at radius 1 is 1.25 bits per heavy atom. The van der Waals surface area contributed by atoms with Crippen molar-refractivity contribution in [2.24, 2.45) is 5.92 Å². The number of nitrogens with one attached hydrogen (secondary N) is 1. The highest BCUT2D eigenvalue weighted by atomic mass is 35.5. The Balaban J connectivity index is 2.71. The molecule has 0 radical (unpaired) electrons. The molecule has 1 aromatic carbocycles. The fourth-order valence-corrected chi connectivity index (χ4v) is 2.91. The second-order valence-electron chi connectivity index (χ2n) is 5.70. The van der Waals surface area contributed by atoms with Gasteiger partial charge in [0.15, 0.2) is 0 Å². The minimum Gasteiger partial charge on any atom is -0.310 e. The van der Waals surface area contributed by atoms with Crippen LogP contribution >= 0.6 is 23.2 Å². The summed E-state index contributed by atoms with van der Waals surface area (Å²) in [6, 6.07) is 6.11. The first-order valence-electron chi connectivity index (χ1n) is 7.31. The molecule has 0 spiro atoms. The van der Waals surface area contributed by atoms with E-state index in [-0.39, 0.29) is 6.04 Å². The van der Waals surface area contributed by atoms with E-state index < -0.39 is 0 Å². The van der Waals surface area contributed by atoms with E-state index in [0.29, 0.717) is 16.0 Å². The molecular weight excluding hydrogens is 291 g/mol. The second kappa shape index (κ2) is 8.89. The highest BCUT2D eigenvalue weighted by molar-refractivity contribution is 6.42. The minimum atomic E-state index is 0.251. The van der Waals surface area contributed by atoms with Gasteiger partial charge in [0.1, 0.15) is 0 Å². The Bertz CT molecular complexity index is 407. The summed E-state index contributed by atoms with van der Waals surface area (Å²) in [7, 11) is 2.17. The minimum absolute atomic E-state index is 0.251. The van der Waals surface area contributed by atoms with E-state index in [0.717, 1.165) is 31.6 Å². The van der Waals surface area contributed by atoms with Gasteiger partial charge < -0.3 is 10.2 Å². The standard InChI is InChI=1S/C16H26Cl2N2/c1-5-19-15(9-10-20(4)11-12(2)3)13-7-6-8-14(17)16(13)18/h6-8,12,15,19H,5,9-11H2,1-4H3. The Hall–Kier alpha value is -0.280. The molecule has 114 valence electrons. The summed E-state index contributed by atoms with van der Waals surface area (Å²) in [4.78, 5) is 2.37. The van der Waals surface area contributed by atoms with E-state index in [1.807, 2.05) is 12.1 Å². The summed E-state index contributed by atoms with van der Waals surface area (Å²) in [6.45, 7) is 9.67. The van der Waals surface area contributed by atoms with Crippen molar-refractivity contribution in [3.8, 4) is 0 Å². The third-order valence-corrected chi connectivity index (χ3v) is 4.12. The molecule has 0 bridgehead atoms. The lowest BCUT2D eigenvalue weighted by molar-refractivity contribution is 0.277. The SMILES string of the molecule is CCNC(CCN(C)CC(C)C)c1cccc(Cl)c1Cl. The van der Waals surface area contributed by atoms with Crippen molar-refractivity contribution in [1.29, 1.82) is 0 Å². The molecule has 1 rings (SSSR count). The smallest absolute Gasteiger partial charge is 0.0640 e. The Kier molecular flexibility index (Phi) is 7.90. The van der Waals surface area contributed by atoms with Gasteiger partial charge in [-0.25, -0.2) is 0 Å². The molecule has 2 nitrogen and oxygen atoms in total. The van der Waals surface area contributed by atoms with Crippen LogP contribution in [0.5, 0.6) is 0 Å². The maximum absolute atomic E-state index is 6.34. The fourth-order valence-electron chi connectivity index (χ4n) is 2.47. The molecule has 0 aliphatic rings. The maximum atomic E-state index is 6.34. The van der Waals surface area contributed by atoms with E-state index >= 15 is 0 Å². The first kappa shape index (κ1) is 17.8. The van der Waals surface area contributed by atoms with Crippen LogP contribution in [-0.2, 0) is 0 Å². The van der Waals surface area contributed by atoms with Crippen LogP contribution < -0.4 is 5.32 Å². The van der Waals surface area contributed by atoms with Gasteiger partial charge in [-0.1, -0.05) is 56.1 Å². The normalized spacial score (nSPS) is 13.2. The van der Waals surface area contributed by atoms with Gasteiger partial charge in [-0.2, -0.15) is 0 Å². The van der Waals surface area contributed by atoms with Crippen molar-refractivity contribution in [2.75, 3.05) is 26.7 Å². The first-order valence-corrected chi connectivity index (χ1v) is 8.07. The number of benzene rings is 1. The van der Waals surface area contributed by atoms with Crippen LogP contribution in [0, 0.1) is 5.92 Å². The molecule has 0 aliphatic heterocycles. The van der Waals surface area contributed by atoms with Gasteiger partial charge in [0, 0.05) is 12.6 Å². The monoisotopic (exact) mass is 316 g/mol. The van der Waals surface area contributed by atoms with Gasteiger partial charge in [0.25, 0.3) is 0 Å². The van der Waals surface area contributed by atoms with Crippen LogP contribution in [-0.4, -0.2) is 31.6 Å². The third kappa shape index (κ3) is 5.61. The van der Waals surface area contributed by atoms with E-state index in [1.54, 1.807) is 0 Å². The zero-order valence-electron chi connectivity index (χ0n) is 12.9. The van der Waals surface area contributed by atoms with Crippen molar-refractivity contribution >= 4 is 23.2 Å². The van der Waals surface area contributed by atoms with Gasteiger partial charge in [0.05, 0.1) is 10.0 Å². The van der Waals surface area contributed by atoms with E-state index in [4.69, 9.17) is 23.2 Å². The summed E-state index contributed by atoms with van der Waals surface area (Å²) in [5, 5.41) is 4.81. The lowest BCUT2D eigenvalue weighted by Crippen LogP contribution is -2.29. The molecule has 0 aliphatic carbocycles.